The molecule has 0 spiro atoms. The van der Waals surface area contributed by atoms with Crippen molar-refractivity contribution in [2.45, 2.75) is 0 Å². The number of hydrogen-bond acceptors (Lipinski definition) is 3. The minimum atomic E-state index is -0.620. The van der Waals surface area contributed by atoms with E-state index in [2.05, 4.69) is 15.3 Å². The molecule has 2 aromatic rings. The molecule has 0 atom stereocenters. The Morgan fingerprint density at radius 2 is 1.71 bits per heavy atom. The van der Waals surface area contributed by atoms with Crippen molar-refractivity contribution in [2.75, 3.05) is 5.32 Å². The number of anilines is 2. The van der Waals surface area contributed by atoms with Crippen LogP contribution in [-0.2, 0) is 0 Å². The molecule has 1 aromatic heterocycles. The van der Waals surface area contributed by atoms with Gasteiger partial charge in [0.2, 0.25) is 5.28 Å². The average Bonchev–Trinajstić information content (AvgIpc) is 2.22. The van der Waals surface area contributed by atoms with Gasteiger partial charge in [0.25, 0.3) is 0 Å². The standard InChI is InChI=1S/C10H5Cl3FN3/c11-5-1-6(12)3-7(2-5)16-9-8(14)4-15-10(13)17-9/h1-4H,(H,15,16,17). The lowest BCUT2D eigenvalue weighted by Crippen LogP contribution is -1.98. The van der Waals surface area contributed by atoms with Crippen LogP contribution in [0.4, 0.5) is 15.9 Å². The van der Waals surface area contributed by atoms with E-state index >= 15 is 0 Å². The summed E-state index contributed by atoms with van der Waals surface area (Å²) in [6.45, 7) is 0. The van der Waals surface area contributed by atoms with Gasteiger partial charge in [0.05, 0.1) is 6.20 Å². The fourth-order valence-corrected chi connectivity index (χ4v) is 1.86. The van der Waals surface area contributed by atoms with Crippen molar-refractivity contribution in [3.05, 3.63) is 45.5 Å². The number of hydrogen-bond donors (Lipinski definition) is 1. The van der Waals surface area contributed by atoms with Gasteiger partial charge in [-0.25, -0.2) is 9.37 Å². The van der Waals surface area contributed by atoms with Crippen LogP contribution in [0.15, 0.2) is 24.4 Å². The van der Waals surface area contributed by atoms with Gasteiger partial charge in [-0.3, -0.25) is 0 Å². The number of halogens is 4. The summed E-state index contributed by atoms with van der Waals surface area (Å²) in [6, 6.07) is 4.74. The third kappa shape index (κ3) is 3.19. The van der Waals surface area contributed by atoms with Crippen LogP contribution in [0, 0.1) is 5.82 Å². The molecule has 0 aliphatic heterocycles. The highest BCUT2D eigenvalue weighted by Crippen LogP contribution is 2.25. The summed E-state index contributed by atoms with van der Waals surface area (Å²) in [6.07, 6.45) is 0.976. The van der Waals surface area contributed by atoms with Gasteiger partial charge in [0.15, 0.2) is 11.6 Å². The first kappa shape index (κ1) is 12.4. The van der Waals surface area contributed by atoms with Gasteiger partial charge < -0.3 is 5.32 Å². The number of nitrogens with one attached hydrogen (secondary N) is 1. The normalized spacial score (nSPS) is 10.4. The Labute approximate surface area is 112 Å². The maximum absolute atomic E-state index is 13.3. The topological polar surface area (TPSA) is 37.8 Å². The molecule has 0 amide bonds. The van der Waals surface area contributed by atoms with E-state index in [1.807, 2.05) is 0 Å². The minimum absolute atomic E-state index is 0.0386. The Balaban J connectivity index is 2.34. The molecule has 1 aromatic carbocycles. The fraction of sp³-hybridized carbons (Fsp3) is 0. The molecular formula is C10H5Cl3FN3. The molecule has 0 saturated heterocycles. The van der Waals surface area contributed by atoms with E-state index < -0.39 is 5.82 Å². The zero-order valence-corrected chi connectivity index (χ0v) is 10.5. The van der Waals surface area contributed by atoms with E-state index in [0.29, 0.717) is 15.7 Å². The smallest absolute Gasteiger partial charge is 0.224 e. The third-order valence-electron chi connectivity index (χ3n) is 1.84. The maximum atomic E-state index is 13.3. The molecule has 0 aliphatic carbocycles. The SMILES string of the molecule is Fc1cnc(Cl)nc1Nc1cc(Cl)cc(Cl)c1. The molecule has 88 valence electrons. The molecule has 0 aliphatic rings. The average molecular weight is 293 g/mol. The summed E-state index contributed by atoms with van der Waals surface area (Å²) in [7, 11) is 0. The van der Waals surface area contributed by atoms with Crippen LogP contribution < -0.4 is 5.32 Å². The first-order valence-electron chi connectivity index (χ1n) is 4.46. The first-order chi connectivity index (χ1) is 8.04. The van der Waals surface area contributed by atoms with E-state index in [0.717, 1.165) is 6.20 Å². The van der Waals surface area contributed by atoms with Crippen LogP contribution in [0.1, 0.15) is 0 Å². The fourth-order valence-electron chi connectivity index (χ4n) is 1.20. The van der Waals surface area contributed by atoms with Gasteiger partial charge in [-0.2, -0.15) is 4.98 Å². The van der Waals surface area contributed by atoms with E-state index in [-0.39, 0.29) is 11.1 Å². The van der Waals surface area contributed by atoms with Crippen LogP contribution in [0.5, 0.6) is 0 Å². The molecule has 0 saturated carbocycles. The summed E-state index contributed by atoms with van der Waals surface area (Å²) in [5, 5.41) is 3.52. The molecule has 0 bridgehead atoms. The van der Waals surface area contributed by atoms with Gasteiger partial charge in [0.1, 0.15) is 0 Å². The lowest BCUT2D eigenvalue weighted by atomic mass is 10.3. The second kappa shape index (κ2) is 5.04. The van der Waals surface area contributed by atoms with Crippen LogP contribution in [0.3, 0.4) is 0 Å². The largest absolute Gasteiger partial charge is 0.338 e. The molecule has 17 heavy (non-hydrogen) atoms. The van der Waals surface area contributed by atoms with Crippen molar-refractivity contribution in [1.82, 2.24) is 9.97 Å². The van der Waals surface area contributed by atoms with Gasteiger partial charge in [-0.05, 0) is 29.8 Å². The number of benzene rings is 1. The maximum Gasteiger partial charge on any atom is 0.224 e. The van der Waals surface area contributed by atoms with Crippen LogP contribution in [-0.4, -0.2) is 9.97 Å². The molecule has 0 unspecified atom stereocenters. The van der Waals surface area contributed by atoms with Crippen molar-refractivity contribution in [3.8, 4) is 0 Å². The zero-order valence-electron chi connectivity index (χ0n) is 8.22. The summed E-state index contributed by atoms with van der Waals surface area (Å²) >= 11 is 17.2. The molecular weight excluding hydrogens is 287 g/mol. The second-order valence-corrected chi connectivity index (χ2v) is 4.33. The Morgan fingerprint density at radius 1 is 1.06 bits per heavy atom. The first-order valence-corrected chi connectivity index (χ1v) is 5.59. The molecule has 0 fully saturated rings. The van der Waals surface area contributed by atoms with Crippen molar-refractivity contribution in [1.29, 1.82) is 0 Å². The summed E-state index contributed by atoms with van der Waals surface area (Å²) < 4.78 is 13.3. The van der Waals surface area contributed by atoms with Crippen LogP contribution >= 0.6 is 34.8 Å². The highest BCUT2D eigenvalue weighted by Gasteiger charge is 2.07. The second-order valence-electron chi connectivity index (χ2n) is 3.12. The summed E-state index contributed by atoms with van der Waals surface area (Å²) in [5.74, 6) is -0.658. The number of aromatic nitrogens is 2. The lowest BCUT2D eigenvalue weighted by Gasteiger charge is -2.07. The molecule has 2 rings (SSSR count). The predicted octanol–water partition coefficient (Wildman–Crippen LogP) is 4.32. The van der Waals surface area contributed by atoms with Gasteiger partial charge in [0, 0.05) is 15.7 Å². The van der Waals surface area contributed by atoms with E-state index in [1.165, 1.54) is 0 Å². The zero-order chi connectivity index (χ0) is 12.4. The van der Waals surface area contributed by atoms with Gasteiger partial charge >= 0.3 is 0 Å². The minimum Gasteiger partial charge on any atom is -0.338 e. The molecule has 3 nitrogen and oxygen atoms in total. The van der Waals surface area contributed by atoms with Crippen molar-refractivity contribution < 1.29 is 4.39 Å². The summed E-state index contributed by atoms with van der Waals surface area (Å²) in [5.41, 5.74) is 0.510. The Morgan fingerprint density at radius 3 is 2.35 bits per heavy atom. The van der Waals surface area contributed by atoms with Crippen molar-refractivity contribution in [3.63, 3.8) is 0 Å². The monoisotopic (exact) mass is 291 g/mol. The Kier molecular flexibility index (Phi) is 3.66. The molecule has 7 heteroatoms. The predicted molar refractivity (Wildman–Crippen MR) is 66.7 cm³/mol. The highest BCUT2D eigenvalue weighted by molar-refractivity contribution is 6.35. The van der Waals surface area contributed by atoms with Crippen LogP contribution in [0.25, 0.3) is 0 Å². The third-order valence-corrected chi connectivity index (χ3v) is 2.46. The quantitative estimate of drug-likeness (QED) is 0.838. The van der Waals surface area contributed by atoms with Crippen molar-refractivity contribution in [2.24, 2.45) is 0 Å². The van der Waals surface area contributed by atoms with E-state index in [1.54, 1.807) is 18.2 Å². The highest BCUT2D eigenvalue weighted by atomic mass is 35.5. The summed E-state index contributed by atoms with van der Waals surface area (Å²) in [4.78, 5) is 7.21. The molecule has 1 N–H and O–H groups in total. The van der Waals surface area contributed by atoms with Gasteiger partial charge in [-0.1, -0.05) is 23.2 Å². The van der Waals surface area contributed by atoms with Gasteiger partial charge in [-0.15, -0.1) is 0 Å². The lowest BCUT2D eigenvalue weighted by molar-refractivity contribution is 0.619. The Bertz CT molecular complexity index is 542. The van der Waals surface area contributed by atoms with E-state index in [4.69, 9.17) is 34.8 Å². The number of nitrogens with zero attached hydrogens (tertiary/aromatic N) is 2. The molecule has 1 heterocycles. The molecule has 0 radical (unpaired) electrons. The number of rotatable bonds is 2. The Hall–Kier alpha value is -1.10. The van der Waals surface area contributed by atoms with Crippen molar-refractivity contribution >= 4 is 46.3 Å². The van der Waals surface area contributed by atoms with E-state index in [9.17, 15) is 4.39 Å². The van der Waals surface area contributed by atoms with Crippen LogP contribution in [0.2, 0.25) is 15.3 Å².